The molecule has 0 saturated heterocycles. The minimum Gasteiger partial charge on any atom is -0.493 e. The van der Waals surface area contributed by atoms with Crippen LogP contribution in [0, 0.1) is 11.7 Å². The fourth-order valence-corrected chi connectivity index (χ4v) is 3.55. The van der Waals surface area contributed by atoms with Crippen molar-refractivity contribution in [2.24, 2.45) is 5.92 Å². The van der Waals surface area contributed by atoms with Crippen molar-refractivity contribution in [2.75, 3.05) is 12.4 Å². The summed E-state index contributed by atoms with van der Waals surface area (Å²) in [6.45, 7) is 2.08. The quantitative estimate of drug-likeness (QED) is 0.878. The Hall–Kier alpha value is -1.14. The molecular formula is C15H22FNO3S. The summed E-state index contributed by atoms with van der Waals surface area (Å²) in [7, 11) is -3.20. The van der Waals surface area contributed by atoms with Gasteiger partial charge in [-0.25, -0.2) is 17.5 Å². The van der Waals surface area contributed by atoms with Crippen molar-refractivity contribution < 1.29 is 17.5 Å². The number of hydrogen-bond donors (Lipinski definition) is 1. The van der Waals surface area contributed by atoms with Crippen LogP contribution in [-0.2, 0) is 10.0 Å². The predicted molar refractivity (Wildman–Crippen MR) is 80.2 cm³/mol. The smallest absolute Gasteiger partial charge is 0.211 e. The Bertz CT molecular complexity index is 545. The van der Waals surface area contributed by atoms with Crippen LogP contribution < -0.4 is 9.46 Å². The lowest BCUT2D eigenvalue weighted by Crippen LogP contribution is -2.44. The fourth-order valence-electron chi connectivity index (χ4n) is 2.61. The van der Waals surface area contributed by atoms with E-state index >= 15 is 0 Å². The third-order valence-electron chi connectivity index (χ3n) is 3.90. The maximum absolute atomic E-state index is 12.8. The van der Waals surface area contributed by atoms with Crippen LogP contribution in [0.15, 0.2) is 24.3 Å². The molecule has 2 unspecified atom stereocenters. The van der Waals surface area contributed by atoms with E-state index < -0.39 is 10.0 Å². The Labute approximate surface area is 125 Å². The number of sulfonamides is 1. The van der Waals surface area contributed by atoms with Gasteiger partial charge in [0.05, 0.1) is 12.4 Å². The maximum atomic E-state index is 12.8. The van der Waals surface area contributed by atoms with E-state index in [-0.39, 0.29) is 23.5 Å². The molecule has 4 nitrogen and oxygen atoms in total. The molecule has 118 valence electrons. The molecule has 0 aromatic heterocycles. The number of hydrogen-bond acceptors (Lipinski definition) is 3. The third kappa shape index (κ3) is 4.97. The zero-order chi connectivity index (χ0) is 15.3. The molecule has 0 aliphatic heterocycles. The Balaban J connectivity index is 1.94. The number of rotatable bonds is 6. The molecule has 0 radical (unpaired) electrons. The first-order chi connectivity index (χ1) is 10.00. The fraction of sp³-hybridized carbons (Fsp3) is 0.600. The van der Waals surface area contributed by atoms with E-state index in [0.29, 0.717) is 12.4 Å². The van der Waals surface area contributed by atoms with E-state index in [1.54, 1.807) is 19.1 Å². The molecule has 1 aromatic rings. The van der Waals surface area contributed by atoms with E-state index in [4.69, 9.17) is 4.74 Å². The Morgan fingerprint density at radius 1 is 1.24 bits per heavy atom. The number of nitrogens with one attached hydrogen (secondary N) is 1. The molecule has 21 heavy (non-hydrogen) atoms. The van der Waals surface area contributed by atoms with Crippen LogP contribution in [0.3, 0.4) is 0 Å². The van der Waals surface area contributed by atoms with Gasteiger partial charge in [0.25, 0.3) is 0 Å². The topological polar surface area (TPSA) is 55.4 Å². The molecule has 0 heterocycles. The zero-order valence-corrected chi connectivity index (χ0v) is 13.0. The molecule has 0 spiro atoms. The molecule has 2 atom stereocenters. The van der Waals surface area contributed by atoms with Gasteiger partial charge in [-0.3, -0.25) is 0 Å². The van der Waals surface area contributed by atoms with Crippen molar-refractivity contribution >= 4 is 10.0 Å². The van der Waals surface area contributed by atoms with E-state index in [9.17, 15) is 12.8 Å². The summed E-state index contributed by atoms with van der Waals surface area (Å²) in [5.41, 5.74) is 0. The summed E-state index contributed by atoms with van der Waals surface area (Å²) >= 11 is 0. The summed E-state index contributed by atoms with van der Waals surface area (Å²) in [4.78, 5) is 0. The van der Waals surface area contributed by atoms with Gasteiger partial charge in [-0.05, 0) is 44.0 Å². The standard InChI is InChI=1S/C15H22FNO3S/c1-2-21(18,19)17-15-6-4-3-5-12(15)11-20-14-9-7-13(16)8-10-14/h7-10,12,15,17H,2-6,11H2,1H3. The first kappa shape index (κ1) is 16.2. The van der Waals surface area contributed by atoms with E-state index in [1.165, 1.54) is 12.1 Å². The van der Waals surface area contributed by atoms with Crippen LogP contribution in [0.4, 0.5) is 4.39 Å². The average molecular weight is 315 g/mol. The van der Waals surface area contributed by atoms with E-state index in [2.05, 4.69) is 4.72 Å². The van der Waals surface area contributed by atoms with Crippen molar-refractivity contribution in [2.45, 2.75) is 38.6 Å². The van der Waals surface area contributed by atoms with Gasteiger partial charge < -0.3 is 4.74 Å². The monoisotopic (exact) mass is 315 g/mol. The summed E-state index contributed by atoms with van der Waals surface area (Å²) in [5.74, 6) is 0.562. The SMILES string of the molecule is CCS(=O)(=O)NC1CCCCC1COc1ccc(F)cc1. The zero-order valence-electron chi connectivity index (χ0n) is 12.2. The predicted octanol–water partition coefficient (Wildman–Crippen LogP) is 2.70. The van der Waals surface area contributed by atoms with E-state index in [1.807, 2.05) is 0 Å². The summed E-state index contributed by atoms with van der Waals surface area (Å²) < 4.78 is 44.7. The first-order valence-electron chi connectivity index (χ1n) is 7.38. The first-order valence-corrected chi connectivity index (χ1v) is 9.04. The summed E-state index contributed by atoms with van der Waals surface area (Å²) in [6, 6.07) is 5.82. The van der Waals surface area contributed by atoms with Gasteiger partial charge in [0.1, 0.15) is 11.6 Å². The van der Waals surface area contributed by atoms with Gasteiger partial charge in [-0.1, -0.05) is 12.8 Å². The Kier molecular flexibility index (Phi) is 5.58. The van der Waals surface area contributed by atoms with Crippen molar-refractivity contribution in [3.8, 4) is 5.75 Å². The summed E-state index contributed by atoms with van der Waals surface area (Å²) in [6.07, 6.45) is 3.90. The molecule has 0 amide bonds. The normalized spacial score (nSPS) is 23.0. The summed E-state index contributed by atoms with van der Waals surface area (Å²) in [5, 5.41) is 0. The molecular weight excluding hydrogens is 293 g/mol. The molecule has 1 aliphatic rings. The highest BCUT2D eigenvalue weighted by Crippen LogP contribution is 2.26. The molecule has 6 heteroatoms. The van der Waals surface area contributed by atoms with Crippen LogP contribution in [0.5, 0.6) is 5.75 Å². The second-order valence-electron chi connectivity index (χ2n) is 5.44. The van der Waals surface area contributed by atoms with Crippen LogP contribution in [-0.4, -0.2) is 26.8 Å². The van der Waals surface area contributed by atoms with Crippen LogP contribution in [0.2, 0.25) is 0 Å². The second-order valence-corrected chi connectivity index (χ2v) is 7.48. The van der Waals surface area contributed by atoms with E-state index in [0.717, 1.165) is 25.7 Å². The van der Waals surface area contributed by atoms with Gasteiger partial charge in [-0.2, -0.15) is 0 Å². The van der Waals surface area contributed by atoms with Gasteiger partial charge in [0.15, 0.2) is 0 Å². The highest BCUT2D eigenvalue weighted by Gasteiger charge is 2.28. The van der Waals surface area contributed by atoms with Crippen molar-refractivity contribution in [1.29, 1.82) is 0 Å². The van der Waals surface area contributed by atoms with Crippen LogP contribution >= 0.6 is 0 Å². The molecule has 1 fully saturated rings. The molecule has 1 aromatic carbocycles. The second kappa shape index (κ2) is 7.22. The van der Waals surface area contributed by atoms with Crippen molar-refractivity contribution in [3.05, 3.63) is 30.1 Å². The largest absolute Gasteiger partial charge is 0.493 e. The van der Waals surface area contributed by atoms with Gasteiger partial charge >= 0.3 is 0 Å². The lowest BCUT2D eigenvalue weighted by atomic mass is 9.86. The molecule has 1 N–H and O–H groups in total. The van der Waals surface area contributed by atoms with Crippen molar-refractivity contribution in [3.63, 3.8) is 0 Å². The minimum atomic E-state index is -3.20. The molecule has 1 saturated carbocycles. The molecule has 0 bridgehead atoms. The minimum absolute atomic E-state index is 0.0656. The number of halogens is 1. The highest BCUT2D eigenvalue weighted by molar-refractivity contribution is 7.89. The number of ether oxygens (including phenoxy) is 1. The Morgan fingerprint density at radius 3 is 2.57 bits per heavy atom. The lowest BCUT2D eigenvalue weighted by Gasteiger charge is -2.31. The van der Waals surface area contributed by atoms with Crippen molar-refractivity contribution in [1.82, 2.24) is 4.72 Å². The van der Waals surface area contributed by atoms with Gasteiger partial charge in [0.2, 0.25) is 10.0 Å². The van der Waals surface area contributed by atoms with Gasteiger partial charge in [-0.15, -0.1) is 0 Å². The van der Waals surface area contributed by atoms with Gasteiger partial charge in [0, 0.05) is 12.0 Å². The third-order valence-corrected chi connectivity index (χ3v) is 5.32. The maximum Gasteiger partial charge on any atom is 0.211 e. The highest BCUT2D eigenvalue weighted by atomic mass is 32.2. The molecule has 1 aliphatic carbocycles. The molecule has 2 rings (SSSR count). The lowest BCUT2D eigenvalue weighted by molar-refractivity contribution is 0.180. The Morgan fingerprint density at radius 2 is 1.90 bits per heavy atom. The van der Waals surface area contributed by atoms with Crippen LogP contribution in [0.1, 0.15) is 32.6 Å². The van der Waals surface area contributed by atoms with Crippen LogP contribution in [0.25, 0.3) is 0 Å². The average Bonchev–Trinajstić information content (AvgIpc) is 2.48. The number of benzene rings is 1.